The van der Waals surface area contributed by atoms with E-state index in [9.17, 15) is 4.79 Å². The molecule has 0 saturated carbocycles. The molecule has 2 N–H and O–H groups in total. The molecule has 0 aliphatic rings. The summed E-state index contributed by atoms with van der Waals surface area (Å²) in [6, 6.07) is 3.84. The topological polar surface area (TPSA) is 41.1 Å². The van der Waals surface area contributed by atoms with Crippen LogP contribution in [-0.2, 0) is 11.2 Å². The Labute approximate surface area is 117 Å². The van der Waals surface area contributed by atoms with Crippen LogP contribution in [-0.4, -0.2) is 25.5 Å². The number of hydrogen-bond acceptors (Lipinski definition) is 3. The minimum atomic E-state index is 0. The first-order valence-electron chi connectivity index (χ1n) is 5.44. The number of hydrogen-bond donors (Lipinski definition) is 2. The summed E-state index contributed by atoms with van der Waals surface area (Å²) in [7, 11) is 0. The molecule has 1 rings (SSSR count). The Bertz CT molecular complexity index is 331. The van der Waals surface area contributed by atoms with E-state index in [1.807, 2.05) is 19.1 Å². The van der Waals surface area contributed by atoms with Gasteiger partial charge in [-0.2, -0.15) is 0 Å². The molecule has 0 bridgehead atoms. The lowest BCUT2D eigenvalue weighted by atomic mass is 10.2. The molecule has 0 aromatic carbocycles. The molecule has 0 fully saturated rings. The van der Waals surface area contributed by atoms with E-state index in [0.717, 1.165) is 28.7 Å². The van der Waals surface area contributed by atoms with Gasteiger partial charge >= 0.3 is 0 Å². The average Bonchev–Trinajstić information content (AvgIpc) is 2.68. The number of halogens is 2. The minimum Gasteiger partial charge on any atom is -0.355 e. The summed E-state index contributed by atoms with van der Waals surface area (Å²) in [5.74, 6) is 0.0995. The van der Waals surface area contributed by atoms with Crippen LogP contribution in [0.25, 0.3) is 0 Å². The number of likely N-dealkylation sites (N-methyl/N-ethyl adjacent to an activating group) is 1. The van der Waals surface area contributed by atoms with E-state index in [1.165, 1.54) is 11.3 Å². The normalized spacial score (nSPS) is 9.76. The third-order valence-electron chi connectivity index (χ3n) is 2.10. The summed E-state index contributed by atoms with van der Waals surface area (Å²) in [6.07, 6.45) is 1.30. The van der Waals surface area contributed by atoms with Gasteiger partial charge in [-0.1, -0.05) is 18.5 Å². The Morgan fingerprint density at radius 3 is 2.76 bits per heavy atom. The summed E-state index contributed by atoms with van der Waals surface area (Å²) in [6.45, 7) is 4.50. The predicted molar refractivity (Wildman–Crippen MR) is 76.5 cm³/mol. The molecule has 0 unspecified atom stereocenters. The van der Waals surface area contributed by atoms with E-state index >= 15 is 0 Å². The van der Waals surface area contributed by atoms with Gasteiger partial charge in [0.15, 0.2) is 0 Å². The van der Waals surface area contributed by atoms with Gasteiger partial charge in [-0.25, -0.2) is 0 Å². The van der Waals surface area contributed by atoms with Gasteiger partial charge in [-0.15, -0.1) is 23.7 Å². The van der Waals surface area contributed by atoms with E-state index in [4.69, 9.17) is 11.6 Å². The standard InChI is InChI=1S/C11H17ClN2OS.ClH/c1-2-13-7-8-14-11(15)6-4-9-3-5-10(12)16-9;/h3,5,13H,2,4,6-8H2,1H3,(H,14,15);1H. The Morgan fingerprint density at radius 2 is 2.18 bits per heavy atom. The largest absolute Gasteiger partial charge is 0.355 e. The van der Waals surface area contributed by atoms with Crippen molar-refractivity contribution >= 4 is 41.3 Å². The van der Waals surface area contributed by atoms with Crippen molar-refractivity contribution in [3.63, 3.8) is 0 Å². The van der Waals surface area contributed by atoms with Crippen LogP contribution in [0, 0.1) is 0 Å². The quantitative estimate of drug-likeness (QED) is 0.759. The first kappa shape index (κ1) is 16.7. The van der Waals surface area contributed by atoms with Gasteiger partial charge in [-0.3, -0.25) is 4.79 Å². The van der Waals surface area contributed by atoms with Crippen molar-refractivity contribution < 1.29 is 4.79 Å². The summed E-state index contributed by atoms with van der Waals surface area (Å²) in [4.78, 5) is 12.6. The summed E-state index contributed by atoms with van der Waals surface area (Å²) in [5, 5.41) is 6.02. The molecular formula is C11H18Cl2N2OS. The zero-order valence-corrected chi connectivity index (χ0v) is 12.2. The van der Waals surface area contributed by atoms with E-state index in [0.29, 0.717) is 13.0 Å². The Morgan fingerprint density at radius 1 is 1.41 bits per heavy atom. The van der Waals surface area contributed by atoms with Gasteiger partial charge in [0, 0.05) is 24.4 Å². The number of carbonyl (C=O) groups excluding carboxylic acids is 1. The third-order valence-corrected chi connectivity index (χ3v) is 3.39. The number of rotatable bonds is 7. The van der Waals surface area contributed by atoms with E-state index < -0.39 is 0 Å². The maximum absolute atomic E-state index is 11.4. The van der Waals surface area contributed by atoms with Gasteiger partial charge in [0.25, 0.3) is 0 Å². The van der Waals surface area contributed by atoms with Gasteiger partial charge < -0.3 is 10.6 Å². The molecule has 1 amide bonds. The van der Waals surface area contributed by atoms with Crippen LogP contribution in [0.15, 0.2) is 12.1 Å². The molecule has 0 saturated heterocycles. The van der Waals surface area contributed by atoms with Crippen molar-refractivity contribution in [1.82, 2.24) is 10.6 Å². The predicted octanol–water partition coefficient (Wildman–Crippen LogP) is 2.48. The summed E-state index contributed by atoms with van der Waals surface area (Å²) < 4.78 is 0.780. The number of amides is 1. The maximum atomic E-state index is 11.4. The highest BCUT2D eigenvalue weighted by Crippen LogP contribution is 2.22. The van der Waals surface area contributed by atoms with Gasteiger partial charge in [-0.05, 0) is 25.1 Å². The fourth-order valence-electron chi connectivity index (χ4n) is 1.28. The Kier molecular flexibility index (Phi) is 9.55. The first-order valence-corrected chi connectivity index (χ1v) is 6.63. The van der Waals surface area contributed by atoms with Crippen molar-refractivity contribution in [2.75, 3.05) is 19.6 Å². The lowest BCUT2D eigenvalue weighted by Crippen LogP contribution is -2.31. The number of thiophene rings is 1. The van der Waals surface area contributed by atoms with Crippen LogP contribution in [0.2, 0.25) is 4.34 Å². The van der Waals surface area contributed by atoms with Crippen LogP contribution in [0.4, 0.5) is 0 Å². The van der Waals surface area contributed by atoms with Gasteiger partial charge in [0.05, 0.1) is 4.34 Å². The molecule has 1 aromatic rings. The van der Waals surface area contributed by atoms with Crippen LogP contribution in [0.3, 0.4) is 0 Å². The smallest absolute Gasteiger partial charge is 0.220 e. The summed E-state index contributed by atoms with van der Waals surface area (Å²) >= 11 is 7.34. The molecule has 98 valence electrons. The molecular weight excluding hydrogens is 279 g/mol. The molecule has 1 heterocycles. The van der Waals surface area contributed by atoms with Crippen molar-refractivity contribution in [1.29, 1.82) is 0 Å². The lowest BCUT2D eigenvalue weighted by Gasteiger charge is -2.04. The van der Waals surface area contributed by atoms with Crippen LogP contribution in [0.1, 0.15) is 18.2 Å². The average molecular weight is 297 g/mol. The van der Waals surface area contributed by atoms with Crippen molar-refractivity contribution in [2.24, 2.45) is 0 Å². The van der Waals surface area contributed by atoms with E-state index in [-0.39, 0.29) is 18.3 Å². The molecule has 0 atom stereocenters. The molecule has 0 spiro atoms. The maximum Gasteiger partial charge on any atom is 0.220 e. The highest BCUT2D eigenvalue weighted by Gasteiger charge is 2.03. The van der Waals surface area contributed by atoms with Crippen molar-refractivity contribution in [3.05, 3.63) is 21.3 Å². The SMILES string of the molecule is CCNCCNC(=O)CCc1ccc(Cl)s1.Cl. The number of aryl methyl sites for hydroxylation is 1. The molecule has 0 aliphatic heterocycles. The summed E-state index contributed by atoms with van der Waals surface area (Å²) in [5.41, 5.74) is 0. The number of nitrogens with one attached hydrogen (secondary N) is 2. The zero-order valence-electron chi connectivity index (χ0n) is 9.79. The fraction of sp³-hybridized carbons (Fsp3) is 0.545. The van der Waals surface area contributed by atoms with Crippen molar-refractivity contribution in [3.8, 4) is 0 Å². The molecule has 1 aromatic heterocycles. The minimum absolute atomic E-state index is 0. The van der Waals surface area contributed by atoms with Gasteiger partial charge in [0.2, 0.25) is 5.91 Å². The van der Waals surface area contributed by atoms with Crippen LogP contribution in [0.5, 0.6) is 0 Å². The molecule has 6 heteroatoms. The molecule has 17 heavy (non-hydrogen) atoms. The lowest BCUT2D eigenvalue weighted by molar-refractivity contribution is -0.121. The first-order chi connectivity index (χ1) is 7.72. The number of carbonyl (C=O) groups is 1. The molecule has 0 aliphatic carbocycles. The second kappa shape index (κ2) is 9.71. The highest BCUT2D eigenvalue weighted by atomic mass is 35.5. The van der Waals surface area contributed by atoms with Crippen LogP contribution >= 0.6 is 35.3 Å². The zero-order chi connectivity index (χ0) is 11.8. The molecule has 0 radical (unpaired) electrons. The van der Waals surface area contributed by atoms with E-state index in [2.05, 4.69) is 10.6 Å². The van der Waals surface area contributed by atoms with Gasteiger partial charge in [0.1, 0.15) is 0 Å². The fourth-order valence-corrected chi connectivity index (χ4v) is 2.37. The van der Waals surface area contributed by atoms with Crippen molar-refractivity contribution in [2.45, 2.75) is 19.8 Å². The Hall–Kier alpha value is -0.290. The third kappa shape index (κ3) is 7.60. The monoisotopic (exact) mass is 296 g/mol. The molecule has 3 nitrogen and oxygen atoms in total. The highest BCUT2D eigenvalue weighted by molar-refractivity contribution is 7.16. The van der Waals surface area contributed by atoms with E-state index in [1.54, 1.807) is 0 Å². The second-order valence-corrected chi connectivity index (χ2v) is 5.21. The Balaban J connectivity index is 0.00000256. The second-order valence-electron chi connectivity index (χ2n) is 3.41. The van der Waals surface area contributed by atoms with Crippen LogP contribution < -0.4 is 10.6 Å².